The van der Waals surface area contributed by atoms with Crippen molar-refractivity contribution in [1.29, 1.82) is 0 Å². The first kappa shape index (κ1) is 13.3. The zero-order valence-electron chi connectivity index (χ0n) is 9.17. The number of hydrogen-bond acceptors (Lipinski definition) is 4. The zero-order chi connectivity index (χ0) is 12.0. The van der Waals surface area contributed by atoms with Crippen molar-refractivity contribution in [1.82, 2.24) is 0 Å². The Morgan fingerprint density at radius 2 is 2.06 bits per heavy atom. The van der Waals surface area contributed by atoms with E-state index < -0.39 is 17.5 Å². The van der Waals surface area contributed by atoms with Gasteiger partial charge in [-0.05, 0) is 18.4 Å². The lowest BCUT2D eigenvalue weighted by atomic mass is 10.0. The normalized spacial score (nSPS) is 16.7. The molecule has 0 aliphatic rings. The molecule has 3 atom stereocenters. The van der Waals surface area contributed by atoms with Crippen LogP contribution >= 0.6 is 0 Å². The lowest BCUT2D eigenvalue weighted by Gasteiger charge is -2.21. The molecule has 5 heteroatoms. The Morgan fingerprint density at radius 3 is 2.56 bits per heavy atom. The quantitative estimate of drug-likeness (QED) is 0.770. The Morgan fingerprint density at radius 1 is 1.44 bits per heavy atom. The van der Waals surface area contributed by atoms with E-state index in [9.17, 15) is 8.76 Å². The van der Waals surface area contributed by atoms with Crippen LogP contribution < -0.4 is 5.73 Å². The predicted molar refractivity (Wildman–Crippen MR) is 62.1 cm³/mol. The molecule has 4 nitrogen and oxygen atoms in total. The highest BCUT2D eigenvalue weighted by Crippen LogP contribution is 2.23. The summed E-state index contributed by atoms with van der Waals surface area (Å²) < 4.78 is 26.0. The Hall–Kier alpha value is -0.750. The summed E-state index contributed by atoms with van der Waals surface area (Å²) in [5, 5.41) is 0. The van der Waals surface area contributed by atoms with E-state index in [2.05, 4.69) is 0 Å². The molecule has 3 unspecified atom stereocenters. The lowest BCUT2D eigenvalue weighted by Crippen LogP contribution is -2.23. The third-order valence-corrected chi connectivity index (χ3v) is 2.80. The molecule has 0 spiro atoms. The van der Waals surface area contributed by atoms with Gasteiger partial charge < -0.3 is 10.3 Å². The van der Waals surface area contributed by atoms with Crippen LogP contribution in [-0.4, -0.2) is 14.8 Å². The van der Waals surface area contributed by atoms with Gasteiger partial charge in [-0.25, -0.2) is 4.21 Å². The molecule has 0 heterocycles. The van der Waals surface area contributed by atoms with Gasteiger partial charge in [-0.3, -0.25) is 4.18 Å². The van der Waals surface area contributed by atoms with E-state index in [1.807, 2.05) is 37.3 Å². The Kier molecular flexibility index (Phi) is 5.62. The minimum atomic E-state index is -2.52. The van der Waals surface area contributed by atoms with Crippen LogP contribution in [-0.2, 0) is 15.5 Å². The van der Waals surface area contributed by atoms with E-state index in [-0.39, 0.29) is 6.04 Å². The van der Waals surface area contributed by atoms with Gasteiger partial charge in [0.2, 0.25) is 0 Å². The minimum absolute atomic E-state index is 0.0613. The second-order valence-electron chi connectivity index (χ2n) is 3.60. The van der Waals surface area contributed by atoms with Crippen LogP contribution in [0.2, 0.25) is 0 Å². The molecule has 1 aromatic carbocycles. The number of hydrogen-bond donors (Lipinski definition) is 1. The van der Waals surface area contributed by atoms with Gasteiger partial charge in [0.15, 0.2) is 0 Å². The summed E-state index contributed by atoms with van der Waals surface area (Å²) in [6, 6.07) is 9.16. The van der Waals surface area contributed by atoms with Crippen LogP contribution in [0.3, 0.4) is 0 Å². The first-order valence-corrected chi connectivity index (χ1v) is 6.20. The van der Waals surface area contributed by atoms with E-state index in [1.165, 1.54) is 0 Å². The van der Waals surface area contributed by atoms with Crippen LogP contribution in [0.5, 0.6) is 0 Å². The molecule has 0 radical (unpaired) electrons. The van der Waals surface area contributed by atoms with E-state index >= 15 is 0 Å². The van der Waals surface area contributed by atoms with Gasteiger partial charge in [0.1, 0.15) is 6.10 Å². The van der Waals surface area contributed by atoms with Crippen LogP contribution in [0.15, 0.2) is 30.3 Å². The number of nitrogens with two attached hydrogens (primary N) is 1. The standard InChI is InChI=1S/C11H17NO3S/c1-2-10(12)8-11(15-16(13)14)9-6-4-3-5-7-9/h3-7,10-11H,2,8,12H2,1H3,(H,13,14)/p-1. The van der Waals surface area contributed by atoms with Crippen LogP contribution in [0, 0.1) is 0 Å². The van der Waals surface area contributed by atoms with Gasteiger partial charge in [0.25, 0.3) is 0 Å². The van der Waals surface area contributed by atoms with Crippen molar-refractivity contribution in [2.45, 2.75) is 31.9 Å². The highest BCUT2D eigenvalue weighted by Gasteiger charge is 2.15. The van der Waals surface area contributed by atoms with Gasteiger partial charge in [-0.2, -0.15) is 0 Å². The topological polar surface area (TPSA) is 75.4 Å². The second kappa shape index (κ2) is 6.75. The summed E-state index contributed by atoms with van der Waals surface area (Å²) in [5.74, 6) is 0. The molecule has 0 aromatic heterocycles. The molecule has 0 bridgehead atoms. The van der Waals surface area contributed by atoms with Gasteiger partial charge in [0.05, 0.1) is 11.4 Å². The maximum atomic E-state index is 10.6. The first-order valence-electron chi connectivity index (χ1n) is 5.20. The fourth-order valence-corrected chi connectivity index (χ4v) is 1.81. The molecular formula is C11H16NO3S-. The largest absolute Gasteiger partial charge is 0.750 e. The summed E-state index contributed by atoms with van der Waals surface area (Å²) in [4.78, 5) is 0. The lowest BCUT2D eigenvalue weighted by molar-refractivity contribution is 0.184. The van der Waals surface area contributed by atoms with Crippen molar-refractivity contribution in [2.75, 3.05) is 0 Å². The summed E-state index contributed by atoms with van der Waals surface area (Å²) in [7, 11) is 0. The molecule has 0 aliphatic heterocycles. The van der Waals surface area contributed by atoms with Gasteiger partial charge in [-0.15, -0.1) is 0 Å². The zero-order valence-corrected chi connectivity index (χ0v) is 9.98. The van der Waals surface area contributed by atoms with E-state index in [4.69, 9.17) is 9.92 Å². The molecule has 0 fully saturated rings. The van der Waals surface area contributed by atoms with Gasteiger partial charge in [-0.1, -0.05) is 37.3 Å². The highest BCUT2D eigenvalue weighted by molar-refractivity contribution is 7.74. The fourth-order valence-electron chi connectivity index (χ4n) is 1.44. The van der Waals surface area contributed by atoms with Crippen molar-refractivity contribution >= 4 is 11.4 Å². The summed E-state index contributed by atoms with van der Waals surface area (Å²) in [5.41, 5.74) is 6.64. The average molecular weight is 242 g/mol. The van der Waals surface area contributed by atoms with E-state index in [0.29, 0.717) is 6.42 Å². The van der Waals surface area contributed by atoms with Crippen molar-refractivity contribution in [2.24, 2.45) is 5.73 Å². The third-order valence-electron chi connectivity index (χ3n) is 2.41. The Balaban J connectivity index is 2.75. The van der Waals surface area contributed by atoms with Crippen LogP contribution in [0.25, 0.3) is 0 Å². The summed E-state index contributed by atoms with van der Waals surface area (Å²) in [6.45, 7) is 1.96. The van der Waals surface area contributed by atoms with Gasteiger partial charge >= 0.3 is 0 Å². The van der Waals surface area contributed by atoms with Gasteiger partial charge in [0, 0.05) is 6.04 Å². The maximum absolute atomic E-state index is 10.6. The molecule has 90 valence electrons. The monoisotopic (exact) mass is 242 g/mol. The molecule has 0 amide bonds. The van der Waals surface area contributed by atoms with Crippen molar-refractivity contribution in [3.8, 4) is 0 Å². The molecular weight excluding hydrogens is 226 g/mol. The Labute approximate surface area is 98.3 Å². The second-order valence-corrected chi connectivity index (χ2v) is 4.20. The van der Waals surface area contributed by atoms with Crippen molar-refractivity contribution in [3.05, 3.63) is 35.9 Å². The first-order chi connectivity index (χ1) is 7.63. The summed E-state index contributed by atoms with van der Waals surface area (Å²) >= 11 is -2.52. The molecule has 1 rings (SSSR count). The SMILES string of the molecule is CCC(N)CC(OS(=O)[O-])c1ccccc1. The fraction of sp³-hybridized carbons (Fsp3) is 0.455. The molecule has 0 saturated carbocycles. The molecule has 2 N–H and O–H groups in total. The van der Waals surface area contributed by atoms with Crippen molar-refractivity contribution < 1.29 is 12.9 Å². The number of rotatable bonds is 6. The number of benzene rings is 1. The molecule has 16 heavy (non-hydrogen) atoms. The highest BCUT2D eigenvalue weighted by atomic mass is 32.2. The average Bonchev–Trinajstić information content (AvgIpc) is 2.28. The predicted octanol–water partition coefficient (Wildman–Crippen LogP) is 1.67. The smallest absolute Gasteiger partial charge is 0.100 e. The Bertz CT molecular complexity index is 331. The summed E-state index contributed by atoms with van der Waals surface area (Å²) in [6.07, 6.45) is 0.793. The molecule has 0 aliphatic carbocycles. The van der Waals surface area contributed by atoms with E-state index in [1.54, 1.807) is 0 Å². The third kappa shape index (κ3) is 4.40. The van der Waals surface area contributed by atoms with Crippen LogP contribution in [0.1, 0.15) is 31.4 Å². The van der Waals surface area contributed by atoms with Crippen molar-refractivity contribution in [3.63, 3.8) is 0 Å². The molecule has 1 aromatic rings. The van der Waals surface area contributed by atoms with E-state index in [0.717, 1.165) is 12.0 Å². The maximum Gasteiger partial charge on any atom is 0.100 e. The van der Waals surface area contributed by atoms with Crippen LogP contribution in [0.4, 0.5) is 0 Å². The molecule has 0 saturated heterocycles. The minimum Gasteiger partial charge on any atom is -0.750 e.